The second-order valence-electron chi connectivity index (χ2n) is 6.28. The Labute approximate surface area is 142 Å². The largest absolute Gasteiger partial charge is 0.385 e. The van der Waals surface area contributed by atoms with E-state index in [1.165, 1.54) is 0 Å². The number of benzene rings is 1. The second-order valence-corrected chi connectivity index (χ2v) is 7.48. The van der Waals surface area contributed by atoms with Crippen LogP contribution in [0.5, 0.6) is 0 Å². The Bertz CT molecular complexity index is 720. The third-order valence-electron chi connectivity index (χ3n) is 4.87. The molecule has 1 aromatic heterocycles. The average molecular weight is 386 g/mol. The molecule has 1 saturated heterocycles. The first-order chi connectivity index (χ1) is 10.6. The lowest BCUT2D eigenvalue weighted by Crippen LogP contribution is -2.34. The molecule has 0 spiro atoms. The number of nitrogens with zero attached hydrogens (tertiary/aromatic N) is 2. The Hall–Kier alpha value is -0.620. The van der Waals surface area contributed by atoms with Gasteiger partial charge in [0.25, 0.3) is 0 Å². The van der Waals surface area contributed by atoms with E-state index >= 15 is 0 Å². The second kappa shape index (κ2) is 5.48. The molecule has 0 radical (unpaired) electrons. The summed E-state index contributed by atoms with van der Waals surface area (Å²) in [5.74, 6) is 0. The first-order valence-corrected chi connectivity index (χ1v) is 8.97. The number of ether oxygens (including phenoxy) is 1. The summed E-state index contributed by atoms with van der Waals surface area (Å²) in [7, 11) is 0. The molecular weight excluding hydrogens is 368 g/mol. The molecule has 0 amide bonds. The minimum absolute atomic E-state index is 0.0214. The van der Waals surface area contributed by atoms with Crippen LogP contribution in [0.2, 0.25) is 5.02 Å². The molecule has 2 fully saturated rings. The molecule has 1 unspecified atom stereocenters. The molecule has 4 rings (SSSR count). The van der Waals surface area contributed by atoms with E-state index in [9.17, 15) is 5.11 Å². The molecule has 6 heteroatoms. The minimum atomic E-state index is -0.798. The highest BCUT2D eigenvalue weighted by Gasteiger charge is 2.40. The smallest absolute Gasteiger partial charge is 0.150 e. The number of aromatic nitrogens is 2. The highest BCUT2D eigenvalue weighted by atomic mass is 79.9. The van der Waals surface area contributed by atoms with E-state index in [1.54, 1.807) is 0 Å². The van der Waals surface area contributed by atoms with Crippen molar-refractivity contribution < 1.29 is 9.84 Å². The summed E-state index contributed by atoms with van der Waals surface area (Å²) in [5, 5.41) is 16.8. The van der Waals surface area contributed by atoms with Gasteiger partial charge in [-0.3, -0.25) is 0 Å². The highest BCUT2D eigenvalue weighted by molar-refractivity contribution is 9.10. The Morgan fingerprint density at radius 2 is 2.18 bits per heavy atom. The first-order valence-electron chi connectivity index (χ1n) is 7.80. The lowest BCUT2D eigenvalue weighted by molar-refractivity contribution is -0.0392. The van der Waals surface area contributed by atoms with Gasteiger partial charge in [-0.2, -0.15) is 5.10 Å². The van der Waals surface area contributed by atoms with Crippen LogP contribution in [0, 0.1) is 0 Å². The van der Waals surface area contributed by atoms with Gasteiger partial charge < -0.3 is 9.84 Å². The van der Waals surface area contributed by atoms with E-state index in [0.717, 1.165) is 66.1 Å². The van der Waals surface area contributed by atoms with Crippen molar-refractivity contribution in [1.82, 2.24) is 9.78 Å². The van der Waals surface area contributed by atoms with Gasteiger partial charge in [0.05, 0.1) is 17.3 Å². The van der Waals surface area contributed by atoms with Crippen molar-refractivity contribution >= 4 is 38.4 Å². The van der Waals surface area contributed by atoms with E-state index < -0.39 is 5.60 Å². The quantitative estimate of drug-likeness (QED) is 0.826. The van der Waals surface area contributed by atoms with Crippen LogP contribution in [-0.2, 0) is 10.3 Å². The molecule has 1 N–H and O–H groups in total. The number of rotatable bonds is 2. The van der Waals surface area contributed by atoms with E-state index in [4.69, 9.17) is 16.3 Å². The SMILES string of the molecule is OC1(c2c(Cl)cc3c(cnn3C3CCCCO3)c2Br)CCC1. The molecule has 1 saturated carbocycles. The number of fused-ring (bicyclic) bond motifs is 1. The molecular formula is C16H18BrClN2O2. The number of hydrogen-bond donors (Lipinski definition) is 1. The molecule has 118 valence electrons. The Balaban J connectivity index is 1.84. The normalized spacial score (nSPS) is 24.4. The van der Waals surface area contributed by atoms with Gasteiger partial charge in [-0.15, -0.1) is 0 Å². The predicted octanol–water partition coefficient (Wildman–Crippen LogP) is 4.52. The van der Waals surface area contributed by atoms with Crippen molar-refractivity contribution in [3.63, 3.8) is 0 Å². The van der Waals surface area contributed by atoms with Gasteiger partial charge >= 0.3 is 0 Å². The summed E-state index contributed by atoms with van der Waals surface area (Å²) in [6.45, 7) is 0.777. The third kappa shape index (κ3) is 2.21. The molecule has 1 atom stereocenters. The summed E-state index contributed by atoms with van der Waals surface area (Å²) in [4.78, 5) is 0. The Morgan fingerprint density at radius 3 is 2.82 bits per heavy atom. The maximum Gasteiger partial charge on any atom is 0.150 e. The summed E-state index contributed by atoms with van der Waals surface area (Å²) in [6.07, 6.45) is 7.60. The zero-order chi connectivity index (χ0) is 15.3. The molecule has 22 heavy (non-hydrogen) atoms. The summed E-state index contributed by atoms with van der Waals surface area (Å²) >= 11 is 10.1. The van der Waals surface area contributed by atoms with Gasteiger partial charge in [0.1, 0.15) is 0 Å². The lowest BCUT2D eigenvalue weighted by atomic mass is 9.75. The van der Waals surface area contributed by atoms with Crippen LogP contribution in [0.4, 0.5) is 0 Å². The zero-order valence-corrected chi connectivity index (χ0v) is 14.5. The molecule has 4 nitrogen and oxygen atoms in total. The Morgan fingerprint density at radius 1 is 1.36 bits per heavy atom. The van der Waals surface area contributed by atoms with Crippen LogP contribution in [0.1, 0.15) is 50.3 Å². The van der Waals surface area contributed by atoms with Crippen LogP contribution in [0.25, 0.3) is 10.9 Å². The standard InChI is InChI=1S/C16H18BrClN2O2/c17-15-10-9-19-20(13-4-1-2-7-22-13)12(10)8-11(18)14(15)16(21)5-3-6-16/h8-9,13,21H,1-7H2. The molecule has 1 aliphatic heterocycles. The van der Waals surface area contributed by atoms with E-state index in [2.05, 4.69) is 21.0 Å². The van der Waals surface area contributed by atoms with Crippen LogP contribution >= 0.6 is 27.5 Å². The van der Waals surface area contributed by atoms with Crippen molar-refractivity contribution in [2.24, 2.45) is 0 Å². The van der Waals surface area contributed by atoms with Crippen LogP contribution < -0.4 is 0 Å². The molecule has 0 bridgehead atoms. The molecule has 1 aromatic carbocycles. The number of halogens is 2. The molecule has 2 aromatic rings. The zero-order valence-electron chi connectivity index (χ0n) is 12.2. The highest BCUT2D eigenvalue weighted by Crippen LogP contribution is 2.49. The van der Waals surface area contributed by atoms with Crippen molar-refractivity contribution in [3.05, 3.63) is 27.3 Å². The number of aliphatic hydroxyl groups is 1. The van der Waals surface area contributed by atoms with E-state index in [-0.39, 0.29) is 6.23 Å². The van der Waals surface area contributed by atoms with Crippen molar-refractivity contribution in [1.29, 1.82) is 0 Å². The van der Waals surface area contributed by atoms with E-state index in [0.29, 0.717) is 5.02 Å². The van der Waals surface area contributed by atoms with Gasteiger partial charge in [0, 0.05) is 27.1 Å². The first kappa shape index (κ1) is 14.9. The topological polar surface area (TPSA) is 47.3 Å². The summed E-state index contributed by atoms with van der Waals surface area (Å²) in [5.41, 5.74) is 0.959. The van der Waals surface area contributed by atoms with Gasteiger partial charge in [-0.05, 0) is 60.5 Å². The monoisotopic (exact) mass is 384 g/mol. The fraction of sp³-hybridized carbons (Fsp3) is 0.562. The number of hydrogen-bond acceptors (Lipinski definition) is 3. The molecule has 1 aliphatic carbocycles. The average Bonchev–Trinajstić information content (AvgIpc) is 2.90. The van der Waals surface area contributed by atoms with Crippen LogP contribution in [0.3, 0.4) is 0 Å². The lowest BCUT2D eigenvalue weighted by Gasteiger charge is -2.38. The Kier molecular flexibility index (Phi) is 3.72. The molecule has 2 aliphatic rings. The van der Waals surface area contributed by atoms with E-state index in [1.807, 2.05) is 16.9 Å². The summed E-state index contributed by atoms with van der Waals surface area (Å²) < 4.78 is 8.61. The van der Waals surface area contributed by atoms with Crippen LogP contribution in [0.15, 0.2) is 16.7 Å². The van der Waals surface area contributed by atoms with Gasteiger partial charge in [0.2, 0.25) is 0 Å². The van der Waals surface area contributed by atoms with Gasteiger partial charge in [0.15, 0.2) is 6.23 Å². The van der Waals surface area contributed by atoms with Gasteiger partial charge in [-0.1, -0.05) is 11.6 Å². The fourth-order valence-corrected chi connectivity index (χ4v) is 4.83. The minimum Gasteiger partial charge on any atom is -0.385 e. The third-order valence-corrected chi connectivity index (χ3v) is 5.99. The van der Waals surface area contributed by atoms with Crippen LogP contribution in [-0.4, -0.2) is 21.5 Å². The predicted molar refractivity (Wildman–Crippen MR) is 89.0 cm³/mol. The van der Waals surface area contributed by atoms with Crippen molar-refractivity contribution in [2.45, 2.75) is 50.4 Å². The fourth-order valence-electron chi connectivity index (χ4n) is 3.45. The van der Waals surface area contributed by atoms with Gasteiger partial charge in [-0.25, -0.2) is 4.68 Å². The van der Waals surface area contributed by atoms with Crippen molar-refractivity contribution in [3.8, 4) is 0 Å². The maximum atomic E-state index is 10.7. The molecule has 2 heterocycles. The van der Waals surface area contributed by atoms with Crippen molar-refractivity contribution in [2.75, 3.05) is 6.61 Å². The maximum absolute atomic E-state index is 10.7. The summed E-state index contributed by atoms with van der Waals surface area (Å²) in [6, 6.07) is 1.91.